The minimum absolute atomic E-state index is 0. The number of carbonyl (C=O) groups excluding carboxylic acids is 1. The van der Waals surface area contributed by atoms with Crippen molar-refractivity contribution < 1.29 is 14.3 Å². The van der Waals surface area contributed by atoms with Gasteiger partial charge < -0.3 is 20.5 Å². The molecule has 1 aliphatic heterocycles. The van der Waals surface area contributed by atoms with Crippen LogP contribution in [0.25, 0.3) is 0 Å². The molecule has 0 bridgehead atoms. The summed E-state index contributed by atoms with van der Waals surface area (Å²) < 4.78 is 11.0. The maximum absolute atomic E-state index is 12.1. The number of benzene rings is 1. The van der Waals surface area contributed by atoms with E-state index in [1.54, 1.807) is 13.0 Å². The lowest BCUT2D eigenvalue weighted by Crippen LogP contribution is -2.51. The first-order valence-corrected chi connectivity index (χ1v) is 7.47. The Kier molecular flexibility index (Phi) is 6.78. The summed E-state index contributed by atoms with van der Waals surface area (Å²) >= 11 is 6.16. The molecule has 0 fully saturated rings. The molecule has 7 heteroatoms. The molecule has 3 N–H and O–H groups in total. The van der Waals surface area contributed by atoms with Gasteiger partial charge in [0.2, 0.25) is 5.91 Å². The number of hydrogen-bond donors (Lipinski definition) is 2. The van der Waals surface area contributed by atoms with E-state index >= 15 is 0 Å². The van der Waals surface area contributed by atoms with Crippen LogP contribution in [-0.2, 0) is 11.3 Å². The third kappa shape index (κ3) is 4.41. The summed E-state index contributed by atoms with van der Waals surface area (Å²) in [5.41, 5.74) is 5.99. The van der Waals surface area contributed by atoms with Gasteiger partial charge >= 0.3 is 0 Å². The van der Waals surface area contributed by atoms with Crippen molar-refractivity contribution >= 4 is 29.9 Å². The van der Waals surface area contributed by atoms with Crippen molar-refractivity contribution in [3.8, 4) is 11.5 Å². The molecule has 2 rings (SSSR count). The summed E-state index contributed by atoms with van der Waals surface area (Å²) in [5.74, 6) is 1.00. The average Bonchev–Trinajstić information content (AvgIpc) is 2.44. The van der Waals surface area contributed by atoms with E-state index in [4.69, 9.17) is 26.8 Å². The lowest BCUT2D eigenvalue weighted by atomic mass is 9.96. The summed E-state index contributed by atoms with van der Waals surface area (Å²) in [7, 11) is 0. The van der Waals surface area contributed by atoms with Gasteiger partial charge in [-0.3, -0.25) is 4.79 Å². The van der Waals surface area contributed by atoms with Crippen LogP contribution in [0, 0.1) is 0 Å². The molecule has 1 unspecified atom stereocenters. The third-order valence-corrected chi connectivity index (χ3v) is 3.68. The molecule has 0 spiro atoms. The quantitative estimate of drug-likeness (QED) is 0.857. The summed E-state index contributed by atoms with van der Waals surface area (Å²) in [6.45, 7) is 5.08. The van der Waals surface area contributed by atoms with Crippen molar-refractivity contribution in [2.45, 2.75) is 38.8 Å². The monoisotopic (exact) mass is 348 g/mol. The first kappa shape index (κ1) is 18.9. The molecule has 22 heavy (non-hydrogen) atoms. The first-order valence-electron chi connectivity index (χ1n) is 7.09. The van der Waals surface area contributed by atoms with Crippen molar-refractivity contribution in [1.29, 1.82) is 0 Å². The van der Waals surface area contributed by atoms with Gasteiger partial charge in [-0.15, -0.1) is 12.4 Å². The molecule has 1 aromatic rings. The van der Waals surface area contributed by atoms with Crippen molar-refractivity contribution in [3.63, 3.8) is 0 Å². The standard InChI is InChI=1S/C15H21ClN2O3.ClH/c1-3-4-15(2,17)14(19)18-9-10-7-11(16)13-12(8-10)20-5-6-21-13;/h7-8H,3-6,9,17H2,1-2H3,(H,18,19);1H. The zero-order valence-electron chi connectivity index (χ0n) is 12.8. The fourth-order valence-electron chi connectivity index (χ4n) is 2.28. The maximum atomic E-state index is 12.1. The highest BCUT2D eigenvalue weighted by atomic mass is 35.5. The van der Waals surface area contributed by atoms with E-state index in [1.165, 1.54) is 0 Å². The van der Waals surface area contributed by atoms with E-state index in [0.29, 0.717) is 42.7 Å². The fourth-order valence-corrected chi connectivity index (χ4v) is 2.57. The van der Waals surface area contributed by atoms with Crippen LogP contribution >= 0.6 is 24.0 Å². The molecular formula is C15H22Cl2N2O3. The number of ether oxygens (including phenoxy) is 2. The van der Waals surface area contributed by atoms with Gasteiger partial charge in [-0.2, -0.15) is 0 Å². The van der Waals surface area contributed by atoms with Crippen LogP contribution in [0.1, 0.15) is 32.3 Å². The molecule has 5 nitrogen and oxygen atoms in total. The minimum Gasteiger partial charge on any atom is -0.486 e. The Labute approximate surface area is 141 Å². The molecule has 124 valence electrons. The van der Waals surface area contributed by atoms with E-state index in [1.807, 2.05) is 13.0 Å². The van der Waals surface area contributed by atoms with Crippen molar-refractivity contribution in [1.82, 2.24) is 5.32 Å². The molecule has 0 radical (unpaired) electrons. The van der Waals surface area contributed by atoms with Gasteiger partial charge in [0, 0.05) is 6.54 Å². The topological polar surface area (TPSA) is 73.6 Å². The molecule has 1 atom stereocenters. The molecule has 1 heterocycles. The molecule has 1 aliphatic rings. The van der Waals surface area contributed by atoms with E-state index in [0.717, 1.165) is 12.0 Å². The van der Waals surface area contributed by atoms with Gasteiger partial charge in [-0.05, 0) is 31.0 Å². The fraction of sp³-hybridized carbons (Fsp3) is 0.533. The SMILES string of the molecule is CCCC(C)(N)C(=O)NCc1cc(Cl)c2c(c1)OCCO2.Cl. The molecule has 0 saturated carbocycles. The number of fused-ring (bicyclic) bond motifs is 1. The Hall–Kier alpha value is -1.17. The van der Waals surface area contributed by atoms with Crippen LogP contribution in [0.3, 0.4) is 0 Å². The number of halogens is 2. The minimum atomic E-state index is -0.855. The van der Waals surface area contributed by atoms with Crippen LogP contribution in [-0.4, -0.2) is 24.7 Å². The molecule has 1 amide bonds. The van der Waals surface area contributed by atoms with E-state index < -0.39 is 5.54 Å². The molecule has 0 saturated heterocycles. The molecular weight excluding hydrogens is 327 g/mol. The molecule has 0 aliphatic carbocycles. The Morgan fingerprint density at radius 1 is 1.41 bits per heavy atom. The Morgan fingerprint density at radius 2 is 2.09 bits per heavy atom. The van der Waals surface area contributed by atoms with Crippen LogP contribution in [0.15, 0.2) is 12.1 Å². The van der Waals surface area contributed by atoms with E-state index in [-0.39, 0.29) is 18.3 Å². The Morgan fingerprint density at radius 3 is 2.77 bits per heavy atom. The number of amides is 1. The van der Waals surface area contributed by atoms with Crippen LogP contribution in [0.2, 0.25) is 5.02 Å². The van der Waals surface area contributed by atoms with Crippen molar-refractivity contribution in [2.75, 3.05) is 13.2 Å². The van der Waals surface area contributed by atoms with Gasteiger partial charge in [0.15, 0.2) is 11.5 Å². The molecule has 0 aromatic heterocycles. The van der Waals surface area contributed by atoms with Crippen LogP contribution in [0.4, 0.5) is 0 Å². The van der Waals surface area contributed by atoms with Gasteiger partial charge in [0.25, 0.3) is 0 Å². The zero-order chi connectivity index (χ0) is 15.5. The highest BCUT2D eigenvalue weighted by Crippen LogP contribution is 2.38. The second kappa shape index (κ2) is 7.90. The second-order valence-electron chi connectivity index (χ2n) is 5.45. The Balaban J connectivity index is 0.00000242. The normalized spacial score (nSPS) is 15.5. The summed E-state index contributed by atoms with van der Waals surface area (Å²) in [6, 6.07) is 3.59. The summed E-state index contributed by atoms with van der Waals surface area (Å²) in [5, 5.41) is 3.33. The van der Waals surface area contributed by atoms with Crippen LogP contribution < -0.4 is 20.5 Å². The Bertz CT molecular complexity index is 536. The van der Waals surface area contributed by atoms with Crippen molar-refractivity contribution in [3.05, 3.63) is 22.7 Å². The maximum Gasteiger partial charge on any atom is 0.240 e. The predicted molar refractivity (Wildman–Crippen MR) is 89.0 cm³/mol. The number of carbonyl (C=O) groups is 1. The van der Waals surface area contributed by atoms with Crippen molar-refractivity contribution in [2.24, 2.45) is 5.73 Å². The van der Waals surface area contributed by atoms with Crippen LogP contribution in [0.5, 0.6) is 11.5 Å². The van der Waals surface area contributed by atoms with Gasteiger partial charge in [0.05, 0.1) is 10.6 Å². The largest absolute Gasteiger partial charge is 0.486 e. The number of hydrogen-bond acceptors (Lipinski definition) is 4. The highest BCUT2D eigenvalue weighted by Gasteiger charge is 2.27. The smallest absolute Gasteiger partial charge is 0.240 e. The molecule has 1 aromatic carbocycles. The van der Waals surface area contributed by atoms with E-state index in [9.17, 15) is 4.79 Å². The number of rotatable bonds is 5. The second-order valence-corrected chi connectivity index (χ2v) is 5.86. The average molecular weight is 349 g/mol. The first-order chi connectivity index (χ1) is 9.94. The summed E-state index contributed by atoms with van der Waals surface area (Å²) in [4.78, 5) is 12.1. The van der Waals surface area contributed by atoms with Gasteiger partial charge in [-0.25, -0.2) is 0 Å². The highest BCUT2D eigenvalue weighted by molar-refractivity contribution is 6.32. The number of nitrogens with one attached hydrogen (secondary N) is 1. The third-order valence-electron chi connectivity index (χ3n) is 3.40. The lowest BCUT2D eigenvalue weighted by Gasteiger charge is -2.23. The van der Waals surface area contributed by atoms with Gasteiger partial charge in [-0.1, -0.05) is 24.9 Å². The zero-order valence-corrected chi connectivity index (χ0v) is 14.4. The number of nitrogens with two attached hydrogens (primary N) is 1. The predicted octanol–water partition coefficient (Wildman–Crippen LogP) is 2.67. The summed E-state index contributed by atoms with van der Waals surface area (Å²) in [6.07, 6.45) is 1.50. The van der Waals surface area contributed by atoms with Gasteiger partial charge in [0.1, 0.15) is 13.2 Å². The lowest BCUT2D eigenvalue weighted by molar-refractivity contribution is -0.126. The van der Waals surface area contributed by atoms with E-state index in [2.05, 4.69) is 5.32 Å².